The predicted molar refractivity (Wildman–Crippen MR) is 75.8 cm³/mol. The van der Waals surface area contributed by atoms with Crippen LogP contribution < -0.4 is 10.6 Å². The normalized spacial score (nSPS) is 24.8. The third kappa shape index (κ3) is 3.89. The highest BCUT2D eigenvalue weighted by molar-refractivity contribution is 5.87. The fraction of sp³-hybridized carbons (Fsp3) is 0.643. The van der Waals surface area contributed by atoms with Crippen LogP contribution in [0.1, 0.15) is 25.0 Å². The monoisotopic (exact) mass is 292 g/mol. The molecule has 1 saturated carbocycles. The number of ether oxygens (including phenoxy) is 2. The number of amides is 2. The molecule has 1 aliphatic heterocycles. The Kier molecular flexibility index (Phi) is 4.31. The summed E-state index contributed by atoms with van der Waals surface area (Å²) >= 11 is 0. The molecule has 1 aliphatic carbocycles. The highest BCUT2D eigenvalue weighted by Gasteiger charge is 2.38. The molecule has 2 amide bonds. The molecule has 2 fully saturated rings. The van der Waals surface area contributed by atoms with Gasteiger partial charge in [-0.15, -0.1) is 0 Å². The van der Waals surface area contributed by atoms with Gasteiger partial charge in [0.1, 0.15) is 0 Å². The fourth-order valence-electron chi connectivity index (χ4n) is 2.56. The second kappa shape index (κ2) is 6.36. The maximum absolute atomic E-state index is 11.9. The second-order valence-electron chi connectivity index (χ2n) is 5.54. The summed E-state index contributed by atoms with van der Waals surface area (Å²) in [6.07, 6.45) is 5.31. The second-order valence-corrected chi connectivity index (χ2v) is 5.54. The Hall–Kier alpha value is -1.73. The first kappa shape index (κ1) is 14.2. The molecule has 1 aromatic rings. The number of methoxy groups -OCH3 is 1. The molecule has 7 heteroatoms. The van der Waals surface area contributed by atoms with Crippen molar-refractivity contribution in [1.82, 2.24) is 15.3 Å². The molecule has 21 heavy (non-hydrogen) atoms. The summed E-state index contributed by atoms with van der Waals surface area (Å²) in [6, 6.07) is 1.52. The van der Waals surface area contributed by atoms with Crippen LogP contribution in [0.15, 0.2) is 12.3 Å². The topological polar surface area (TPSA) is 85.4 Å². The van der Waals surface area contributed by atoms with E-state index in [2.05, 4.69) is 20.6 Å². The van der Waals surface area contributed by atoms with Crippen molar-refractivity contribution in [2.75, 3.05) is 19.0 Å². The molecule has 0 radical (unpaired) electrons. The zero-order valence-corrected chi connectivity index (χ0v) is 12.0. The van der Waals surface area contributed by atoms with Gasteiger partial charge in [0, 0.05) is 13.3 Å². The number of urea groups is 1. The molecular formula is C14H20N4O3. The number of nitrogens with zero attached hydrogens (tertiary/aromatic N) is 2. The zero-order valence-electron chi connectivity index (χ0n) is 12.0. The van der Waals surface area contributed by atoms with E-state index >= 15 is 0 Å². The number of anilines is 1. The Morgan fingerprint density at radius 3 is 3.14 bits per heavy atom. The van der Waals surface area contributed by atoms with Gasteiger partial charge in [-0.1, -0.05) is 0 Å². The Morgan fingerprint density at radius 2 is 2.38 bits per heavy atom. The number of carbonyl (C=O) groups excluding carboxylic acids is 1. The van der Waals surface area contributed by atoms with E-state index in [0.29, 0.717) is 25.2 Å². The molecule has 0 bridgehead atoms. The molecule has 2 aliphatic rings. The average Bonchev–Trinajstić information content (AvgIpc) is 3.20. The Balaban J connectivity index is 1.48. The van der Waals surface area contributed by atoms with Crippen molar-refractivity contribution < 1.29 is 14.3 Å². The molecule has 7 nitrogen and oxygen atoms in total. The zero-order chi connectivity index (χ0) is 14.7. The van der Waals surface area contributed by atoms with Crippen LogP contribution in [0.3, 0.4) is 0 Å². The molecule has 0 spiro atoms. The fourth-order valence-corrected chi connectivity index (χ4v) is 2.56. The Bertz CT molecular complexity index is 507. The number of hydrogen-bond acceptors (Lipinski definition) is 5. The first-order valence-corrected chi connectivity index (χ1v) is 7.24. The largest absolute Gasteiger partial charge is 0.378 e. The van der Waals surface area contributed by atoms with Gasteiger partial charge in [-0.2, -0.15) is 0 Å². The number of rotatable bonds is 5. The van der Waals surface area contributed by atoms with Crippen molar-refractivity contribution in [3.63, 3.8) is 0 Å². The van der Waals surface area contributed by atoms with Gasteiger partial charge in [0.2, 0.25) is 5.95 Å². The molecule has 2 N–H and O–H groups in total. The van der Waals surface area contributed by atoms with E-state index in [1.54, 1.807) is 19.4 Å². The van der Waals surface area contributed by atoms with Crippen LogP contribution in [-0.2, 0) is 16.1 Å². The molecule has 0 aromatic carbocycles. The van der Waals surface area contributed by atoms with Crippen LogP contribution in [0.4, 0.5) is 10.7 Å². The quantitative estimate of drug-likeness (QED) is 0.854. The summed E-state index contributed by atoms with van der Waals surface area (Å²) in [7, 11) is 1.60. The van der Waals surface area contributed by atoms with Gasteiger partial charge >= 0.3 is 6.03 Å². The number of carbonyl (C=O) groups is 1. The first-order valence-electron chi connectivity index (χ1n) is 7.24. The minimum Gasteiger partial charge on any atom is -0.378 e. The maximum Gasteiger partial charge on any atom is 0.321 e. The van der Waals surface area contributed by atoms with Gasteiger partial charge in [-0.3, -0.25) is 5.32 Å². The van der Waals surface area contributed by atoms with Gasteiger partial charge < -0.3 is 14.8 Å². The highest BCUT2D eigenvalue weighted by atomic mass is 16.5. The van der Waals surface area contributed by atoms with E-state index in [0.717, 1.165) is 12.1 Å². The smallest absolute Gasteiger partial charge is 0.321 e. The highest BCUT2D eigenvalue weighted by Crippen LogP contribution is 2.38. The molecule has 2 heterocycles. The van der Waals surface area contributed by atoms with E-state index in [1.807, 2.05) is 0 Å². The Labute approximate surface area is 123 Å². The van der Waals surface area contributed by atoms with E-state index in [9.17, 15) is 4.79 Å². The van der Waals surface area contributed by atoms with Crippen LogP contribution in [0.25, 0.3) is 0 Å². The standard InChI is InChI=1S/C14H20N4O3/c1-20-7-10-4-5-15-13(16-10)18-14(19)17-11-6-12(21-8-11)9-2-3-9/h4-5,9,11-12H,2-3,6-8H2,1H3,(H2,15,16,17,18,19). The van der Waals surface area contributed by atoms with Crippen molar-refractivity contribution in [2.45, 2.75) is 38.0 Å². The van der Waals surface area contributed by atoms with E-state index in [4.69, 9.17) is 9.47 Å². The lowest BCUT2D eigenvalue weighted by molar-refractivity contribution is 0.0923. The summed E-state index contributed by atoms with van der Waals surface area (Å²) in [4.78, 5) is 20.2. The molecular weight excluding hydrogens is 272 g/mol. The summed E-state index contributed by atoms with van der Waals surface area (Å²) in [6.45, 7) is 0.970. The molecule has 3 rings (SSSR count). The van der Waals surface area contributed by atoms with Gasteiger partial charge in [-0.25, -0.2) is 14.8 Å². The molecule has 1 aromatic heterocycles. The number of nitrogens with one attached hydrogen (secondary N) is 2. The summed E-state index contributed by atoms with van der Waals surface area (Å²) in [5, 5.41) is 5.55. The average molecular weight is 292 g/mol. The predicted octanol–water partition coefficient (Wildman–Crippen LogP) is 1.31. The van der Waals surface area contributed by atoms with E-state index in [-0.39, 0.29) is 18.0 Å². The Morgan fingerprint density at radius 1 is 1.52 bits per heavy atom. The van der Waals surface area contributed by atoms with Crippen LogP contribution in [0.2, 0.25) is 0 Å². The molecule has 2 atom stereocenters. The van der Waals surface area contributed by atoms with Crippen molar-refractivity contribution in [3.05, 3.63) is 18.0 Å². The van der Waals surface area contributed by atoms with Crippen molar-refractivity contribution in [2.24, 2.45) is 5.92 Å². The molecule has 2 unspecified atom stereocenters. The maximum atomic E-state index is 11.9. The van der Waals surface area contributed by atoms with Gasteiger partial charge in [0.15, 0.2) is 0 Å². The van der Waals surface area contributed by atoms with Crippen LogP contribution in [0.5, 0.6) is 0 Å². The van der Waals surface area contributed by atoms with Crippen LogP contribution in [0, 0.1) is 5.92 Å². The van der Waals surface area contributed by atoms with Crippen molar-refractivity contribution in [3.8, 4) is 0 Å². The molecule has 114 valence electrons. The van der Waals surface area contributed by atoms with Gasteiger partial charge in [0.05, 0.1) is 31.1 Å². The minimum absolute atomic E-state index is 0.0674. The summed E-state index contributed by atoms with van der Waals surface area (Å²) in [5.41, 5.74) is 0.723. The van der Waals surface area contributed by atoms with Crippen LogP contribution >= 0.6 is 0 Å². The van der Waals surface area contributed by atoms with Crippen molar-refractivity contribution in [1.29, 1.82) is 0 Å². The summed E-state index contributed by atoms with van der Waals surface area (Å²) in [5.74, 6) is 0.980. The van der Waals surface area contributed by atoms with Gasteiger partial charge in [0.25, 0.3) is 0 Å². The number of aromatic nitrogens is 2. The van der Waals surface area contributed by atoms with E-state index in [1.165, 1.54) is 12.8 Å². The molecule has 1 saturated heterocycles. The third-order valence-corrected chi connectivity index (χ3v) is 3.74. The van der Waals surface area contributed by atoms with Gasteiger partial charge in [-0.05, 0) is 31.2 Å². The van der Waals surface area contributed by atoms with E-state index < -0.39 is 0 Å². The van der Waals surface area contributed by atoms with Crippen LogP contribution in [-0.4, -0.2) is 41.9 Å². The minimum atomic E-state index is -0.297. The lowest BCUT2D eigenvalue weighted by atomic mass is 10.1. The first-order chi connectivity index (χ1) is 10.2. The number of hydrogen-bond donors (Lipinski definition) is 2. The SMILES string of the molecule is COCc1ccnc(NC(=O)NC2COC(C3CC3)C2)n1. The third-order valence-electron chi connectivity index (χ3n) is 3.74. The lowest BCUT2D eigenvalue weighted by Crippen LogP contribution is -2.38. The van der Waals surface area contributed by atoms with Crippen molar-refractivity contribution >= 4 is 12.0 Å². The summed E-state index contributed by atoms with van der Waals surface area (Å²) < 4.78 is 10.7. The lowest BCUT2D eigenvalue weighted by Gasteiger charge is -2.11.